The third-order valence-electron chi connectivity index (χ3n) is 6.69. The minimum Gasteiger partial charge on any atom is -0.378 e. The Hall–Kier alpha value is -2.67. The van der Waals surface area contributed by atoms with Gasteiger partial charge in [-0.25, -0.2) is 0 Å². The average Bonchev–Trinajstić information content (AvgIpc) is 3.11. The predicted molar refractivity (Wildman–Crippen MR) is 107 cm³/mol. The molecule has 0 radical (unpaired) electrons. The van der Waals surface area contributed by atoms with Gasteiger partial charge in [-0.1, -0.05) is 6.07 Å². The van der Waals surface area contributed by atoms with Crippen LogP contribution < -0.4 is 10.6 Å². The summed E-state index contributed by atoms with van der Waals surface area (Å²) in [6.45, 7) is 3.32. The lowest BCUT2D eigenvalue weighted by atomic mass is 9.76. The van der Waals surface area contributed by atoms with Crippen molar-refractivity contribution in [2.45, 2.75) is 51.3 Å². The fraction of sp³-hybridized carbons (Fsp3) is 0.500. The first-order chi connectivity index (χ1) is 14.0. The number of anilines is 1. The summed E-state index contributed by atoms with van der Waals surface area (Å²) in [5.41, 5.74) is 1.81. The van der Waals surface area contributed by atoms with Crippen LogP contribution in [0.4, 0.5) is 5.69 Å². The molecule has 0 bridgehead atoms. The Morgan fingerprint density at radius 1 is 1.34 bits per heavy atom. The summed E-state index contributed by atoms with van der Waals surface area (Å²) in [5.74, 6) is 0.354. The van der Waals surface area contributed by atoms with E-state index in [4.69, 9.17) is 4.74 Å². The number of aryl methyl sites for hydroxylation is 1. The maximum atomic E-state index is 12.9. The lowest BCUT2D eigenvalue weighted by molar-refractivity contribution is -0.121. The maximum absolute atomic E-state index is 12.9. The number of fused-ring (bicyclic) bond motifs is 1. The third-order valence-corrected chi connectivity index (χ3v) is 6.69. The van der Waals surface area contributed by atoms with Crippen molar-refractivity contribution in [3.05, 3.63) is 47.8 Å². The van der Waals surface area contributed by atoms with Crippen LogP contribution in [-0.4, -0.2) is 40.3 Å². The molecule has 2 aliphatic carbocycles. The van der Waals surface area contributed by atoms with Crippen LogP contribution in [0, 0.1) is 18.3 Å². The number of carbonyl (C=O) groups excluding carboxylic acids is 2. The molecule has 152 valence electrons. The Balaban J connectivity index is 1.26. The minimum absolute atomic E-state index is 0.00130. The van der Waals surface area contributed by atoms with E-state index in [1.165, 1.54) is 0 Å². The molecule has 1 aromatic carbocycles. The van der Waals surface area contributed by atoms with Gasteiger partial charge in [0.05, 0.1) is 18.1 Å². The van der Waals surface area contributed by atoms with E-state index in [1.54, 1.807) is 12.3 Å². The van der Waals surface area contributed by atoms with E-state index in [9.17, 15) is 9.59 Å². The molecule has 5 rings (SSSR count). The second-order valence-electron chi connectivity index (χ2n) is 8.65. The number of aromatic nitrogens is 2. The summed E-state index contributed by atoms with van der Waals surface area (Å²) < 4.78 is 7.43. The van der Waals surface area contributed by atoms with Gasteiger partial charge in [-0.2, -0.15) is 5.10 Å². The molecule has 2 heterocycles. The lowest BCUT2D eigenvalue weighted by Gasteiger charge is -2.39. The second kappa shape index (κ2) is 6.99. The number of hydrogen-bond acceptors (Lipinski definition) is 4. The number of rotatable bonds is 6. The van der Waals surface area contributed by atoms with Crippen molar-refractivity contribution in [3.8, 4) is 0 Å². The highest BCUT2D eigenvalue weighted by atomic mass is 16.5. The van der Waals surface area contributed by atoms with Gasteiger partial charge in [0.25, 0.3) is 5.91 Å². The number of hydrogen-bond donors (Lipinski definition) is 2. The molecule has 3 aliphatic rings. The molecule has 2 N–H and O–H groups in total. The molecule has 0 unspecified atom stereocenters. The summed E-state index contributed by atoms with van der Waals surface area (Å²) in [7, 11) is 0. The Kier molecular flexibility index (Phi) is 4.42. The standard InChI is InChI=1S/C22H26N4O3/c1-14-3-4-15(20(27)24-18-12-19-16(18)5-10-29-19)11-17(14)25-21(28)22(6-7-22)13-26-9-2-8-23-26/h2-4,8-9,11,16,18-19H,5-7,10,12-13H2,1H3,(H,24,27)(H,25,28)/t16-,18+,19+/m0/s1. The highest BCUT2D eigenvalue weighted by Crippen LogP contribution is 2.48. The van der Waals surface area contributed by atoms with Gasteiger partial charge in [-0.15, -0.1) is 0 Å². The van der Waals surface area contributed by atoms with E-state index >= 15 is 0 Å². The number of carbonyl (C=O) groups is 2. The SMILES string of the molecule is Cc1ccc(C(=O)N[C@@H]2C[C@H]3OCC[C@@H]23)cc1NC(=O)C1(Cn2cccn2)CC1. The number of nitrogens with zero attached hydrogens (tertiary/aromatic N) is 2. The molecular formula is C22H26N4O3. The smallest absolute Gasteiger partial charge is 0.251 e. The van der Waals surface area contributed by atoms with Gasteiger partial charge in [-0.3, -0.25) is 14.3 Å². The van der Waals surface area contributed by atoms with Crippen molar-refractivity contribution in [2.24, 2.45) is 11.3 Å². The maximum Gasteiger partial charge on any atom is 0.251 e. The summed E-state index contributed by atoms with van der Waals surface area (Å²) in [4.78, 5) is 25.7. The summed E-state index contributed by atoms with van der Waals surface area (Å²) in [6.07, 6.45) is 7.53. The zero-order valence-corrected chi connectivity index (χ0v) is 16.6. The Bertz CT molecular complexity index is 936. The molecular weight excluding hydrogens is 368 g/mol. The van der Waals surface area contributed by atoms with Crippen LogP contribution in [0.3, 0.4) is 0 Å². The number of amides is 2. The van der Waals surface area contributed by atoms with E-state index in [-0.39, 0.29) is 17.9 Å². The third kappa shape index (κ3) is 3.44. The molecule has 2 aromatic rings. The number of nitrogens with one attached hydrogen (secondary N) is 2. The fourth-order valence-electron chi connectivity index (χ4n) is 4.48. The van der Waals surface area contributed by atoms with Gasteiger partial charge in [0.1, 0.15) is 0 Å². The molecule has 7 heteroatoms. The molecule has 2 saturated carbocycles. The molecule has 2 amide bonds. The van der Waals surface area contributed by atoms with Crippen LogP contribution in [0.25, 0.3) is 0 Å². The minimum atomic E-state index is -0.403. The molecule has 1 saturated heterocycles. The monoisotopic (exact) mass is 394 g/mol. The fourth-order valence-corrected chi connectivity index (χ4v) is 4.48. The largest absolute Gasteiger partial charge is 0.378 e. The van der Waals surface area contributed by atoms with Crippen molar-refractivity contribution in [2.75, 3.05) is 11.9 Å². The molecule has 3 fully saturated rings. The molecule has 7 nitrogen and oxygen atoms in total. The highest BCUT2D eigenvalue weighted by molar-refractivity contribution is 6.00. The molecule has 3 atom stereocenters. The van der Waals surface area contributed by atoms with E-state index < -0.39 is 5.41 Å². The Labute approximate surface area is 169 Å². The van der Waals surface area contributed by atoms with Crippen molar-refractivity contribution >= 4 is 17.5 Å². The van der Waals surface area contributed by atoms with E-state index in [2.05, 4.69) is 15.7 Å². The van der Waals surface area contributed by atoms with Crippen molar-refractivity contribution in [1.29, 1.82) is 0 Å². The first-order valence-corrected chi connectivity index (χ1v) is 10.4. The van der Waals surface area contributed by atoms with Crippen molar-refractivity contribution < 1.29 is 14.3 Å². The van der Waals surface area contributed by atoms with E-state index in [0.29, 0.717) is 29.8 Å². The predicted octanol–water partition coefficient (Wildman–Crippen LogP) is 2.52. The van der Waals surface area contributed by atoms with Gasteiger partial charge in [0, 0.05) is 42.2 Å². The lowest BCUT2D eigenvalue weighted by Crippen LogP contribution is -2.53. The van der Waals surface area contributed by atoms with Gasteiger partial charge in [0.15, 0.2) is 0 Å². The molecule has 29 heavy (non-hydrogen) atoms. The Morgan fingerprint density at radius 3 is 2.93 bits per heavy atom. The van der Waals surface area contributed by atoms with E-state index in [0.717, 1.165) is 37.9 Å². The summed E-state index contributed by atoms with van der Waals surface area (Å²) in [5, 5.41) is 10.4. The van der Waals surface area contributed by atoms with Crippen LogP contribution in [0.5, 0.6) is 0 Å². The number of benzene rings is 1. The van der Waals surface area contributed by atoms with Crippen LogP contribution >= 0.6 is 0 Å². The highest BCUT2D eigenvalue weighted by Gasteiger charge is 2.50. The van der Waals surface area contributed by atoms with Gasteiger partial charge >= 0.3 is 0 Å². The zero-order valence-electron chi connectivity index (χ0n) is 16.6. The van der Waals surface area contributed by atoms with Crippen molar-refractivity contribution in [3.63, 3.8) is 0 Å². The topological polar surface area (TPSA) is 85.3 Å². The second-order valence-corrected chi connectivity index (χ2v) is 8.65. The normalized spacial score (nSPS) is 26.3. The van der Waals surface area contributed by atoms with Crippen LogP contribution in [0.2, 0.25) is 0 Å². The first-order valence-electron chi connectivity index (χ1n) is 10.4. The van der Waals surface area contributed by atoms with Gasteiger partial charge < -0.3 is 15.4 Å². The molecule has 0 spiro atoms. The van der Waals surface area contributed by atoms with Gasteiger partial charge in [0.2, 0.25) is 5.91 Å². The average molecular weight is 394 g/mol. The zero-order chi connectivity index (χ0) is 20.0. The molecule has 1 aliphatic heterocycles. The van der Waals surface area contributed by atoms with Crippen LogP contribution in [0.15, 0.2) is 36.7 Å². The van der Waals surface area contributed by atoms with E-state index in [1.807, 2.05) is 36.0 Å². The van der Waals surface area contributed by atoms with Crippen LogP contribution in [0.1, 0.15) is 41.6 Å². The van der Waals surface area contributed by atoms with Gasteiger partial charge in [-0.05, 0) is 56.4 Å². The quantitative estimate of drug-likeness (QED) is 0.788. The summed E-state index contributed by atoms with van der Waals surface area (Å²) >= 11 is 0. The summed E-state index contributed by atoms with van der Waals surface area (Å²) in [6, 6.07) is 7.55. The Morgan fingerprint density at radius 2 is 2.21 bits per heavy atom. The first kappa shape index (κ1) is 18.4. The molecule has 1 aromatic heterocycles. The number of ether oxygens (including phenoxy) is 1. The van der Waals surface area contributed by atoms with Crippen LogP contribution in [-0.2, 0) is 16.1 Å². The van der Waals surface area contributed by atoms with Crippen molar-refractivity contribution in [1.82, 2.24) is 15.1 Å².